The van der Waals surface area contributed by atoms with Gasteiger partial charge in [0.05, 0.1) is 31.8 Å². The highest BCUT2D eigenvalue weighted by Gasteiger charge is 2.27. The molecule has 0 bridgehead atoms. The van der Waals surface area contributed by atoms with Crippen molar-refractivity contribution in [2.45, 2.75) is 24.3 Å². The summed E-state index contributed by atoms with van der Waals surface area (Å²) in [4.78, 5) is 12.6. The summed E-state index contributed by atoms with van der Waals surface area (Å²) in [5, 5.41) is 2.71. The van der Waals surface area contributed by atoms with Crippen molar-refractivity contribution in [1.82, 2.24) is 10.0 Å². The normalized spacial score (nSPS) is 12.3. The highest BCUT2D eigenvalue weighted by atomic mass is 32.2. The molecule has 0 radical (unpaired) electrons. The molecule has 164 valence electrons. The van der Waals surface area contributed by atoms with Crippen LogP contribution in [-0.2, 0) is 19.6 Å². The largest absolute Gasteiger partial charge is 0.493 e. The smallest absolute Gasteiger partial charge is 0.241 e. The monoisotopic (exact) mass is 436 g/mol. The number of rotatable bonds is 11. The lowest BCUT2D eigenvalue weighted by Gasteiger charge is -2.22. The lowest BCUT2D eigenvalue weighted by Crippen LogP contribution is -2.35. The molecule has 0 spiro atoms. The van der Waals surface area contributed by atoms with Crippen LogP contribution in [-0.4, -0.2) is 48.8 Å². The average Bonchev–Trinajstić information content (AvgIpc) is 2.73. The van der Waals surface area contributed by atoms with Gasteiger partial charge in [0, 0.05) is 25.6 Å². The van der Waals surface area contributed by atoms with Crippen LogP contribution < -0.4 is 19.5 Å². The van der Waals surface area contributed by atoms with Crippen LogP contribution in [0, 0.1) is 6.92 Å². The second-order valence-corrected chi connectivity index (χ2v) is 8.33. The van der Waals surface area contributed by atoms with Gasteiger partial charge in [0.2, 0.25) is 15.9 Å². The van der Waals surface area contributed by atoms with Gasteiger partial charge < -0.3 is 19.5 Å². The second-order valence-electron chi connectivity index (χ2n) is 6.62. The van der Waals surface area contributed by atoms with E-state index in [2.05, 4.69) is 10.0 Å². The maximum absolute atomic E-state index is 13.0. The first-order valence-corrected chi connectivity index (χ1v) is 10.9. The first-order chi connectivity index (χ1) is 14.3. The molecule has 0 saturated heterocycles. The van der Waals surface area contributed by atoms with Crippen LogP contribution in [0.4, 0.5) is 0 Å². The second kappa shape index (κ2) is 11.0. The predicted molar refractivity (Wildman–Crippen MR) is 113 cm³/mol. The Balaban J connectivity index is 2.39. The first-order valence-electron chi connectivity index (χ1n) is 9.38. The van der Waals surface area contributed by atoms with Crippen LogP contribution in [0.15, 0.2) is 47.4 Å². The number of benzene rings is 2. The molecule has 0 saturated carbocycles. The van der Waals surface area contributed by atoms with Crippen molar-refractivity contribution in [3.8, 4) is 11.5 Å². The summed E-state index contributed by atoms with van der Waals surface area (Å²) in [6.45, 7) is 2.55. The van der Waals surface area contributed by atoms with Crippen LogP contribution in [0.1, 0.15) is 23.6 Å². The molecule has 2 aromatic rings. The minimum absolute atomic E-state index is 0.111. The quantitative estimate of drug-likeness (QED) is 0.524. The van der Waals surface area contributed by atoms with E-state index in [1.54, 1.807) is 30.3 Å². The van der Waals surface area contributed by atoms with E-state index in [4.69, 9.17) is 14.2 Å². The number of para-hydroxylation sites is 1. The van der Waals surface area contributed by atoms with Gasteiger partial charge in [0.15, 0.2) is 11.5 Å². The van der Waals surface area contributed by atoms with Crippen molar-refractivity contribution in [3.05, 3.63) is 53.6 Å². The molecule has 9 heteroatoms. The van der Waals surface area contributed by atoms with Crippen molar-refractivity contribution >= 4 is 15.9 Å². The van der Waals surface area contributed by atoms with Crippen LogP contribution in [0.5, 0.6) is 11.5 Å². The zero-order valence-electron chi connectivity index (χ0n) is 17.6. The molecule has 0 aliphatic carbocycles. The van der Waals surface area contributed by atoms with Gasteiger partial charge in [-0.25, -0.2) is 13.1 Å². The highest BCUT2D eigenvalue weighted by molar-refractivity contribution is 7.89. The zero-order chi connectivity index (χ0) is 22.1. The summed E-state index contributed by atoms with van der Waals surface area (Å²) in [6, 6.07) is 10.7. The summed E-state index contributed by atoms with van der Waals surface area (Å²) in [5.74, 6) is 0.476. The molecular weight excluding hydrogens is 408 g/mol. The lowest BCUT2D eigenvalue weighted by atomic mass is 10.0. The van der Waals surface area contributed by atoms with Gasteiger partial charge in [-0.2, -0.15) is 0 Å². The van der Waals surface area contributed by atoms with Crippen LogP contribution >= 0.6 is 0 Å². The standard InChI is InChI=1S/C21H28N2O6S/c1-15-8-10-16(11-9-15)30(25,26)23-18(14-20(24)22-12-13-27-2)17-6-5-7-19(28-3)21(17)29-4/h5-11,18,23H,12-14H2,1-4H3,(H,22,24)/t18-/m0/s1. The van der Waals surface area contributed by atoms with Crippen LogP contribution in [0.3, 0.4) is 0 Å². The summed E-state index contributed by atoms with van der Waals surface area (Å²) >= 11 is 0. The van der Waals surface area contributed by atoms with Crippen molar-refractivity contribution in [1.29, 1.82) is 0 Å². The van der Waals surface area contributed by atoms with Gasteiger partial charge in [-0.3, -0.25) is 4.79 Å². The van der Waals surface area contributed by atoms with Gasteiger partial charge in [-0.15, -0.1) is 0 Å². The Kier molecular flexibility index (Phi) is 8.64. The van der Waals surface area contributed by atoms with Gasteiger partial charge in [-0.05, 0) is 25.1 Å². The van der Waals surface area contributed by atoms with Crippen molar-refractivity contribution in [2.24, 2.45) is 0 Å². The fourth-order valence-corrected chi connectivity index (χ4v) is 4.14. The molecule has 30 heavy (non-hydrogen) atoms. The molecule has 0 fully saturated rings. The number of hydrogen-bond acceptors (Lipinski definition) is 6. The SMILES string of the molecule is COCCNC(=O)C[C@H](NS(=O)(=O)c1ccc(C)cc1)c1cccc(OC)c1OC. The van der Waals surface area contributed by atoms with E-state index < -0.39 is 16.1 Å². The molecule has 2 aromatic carbocycles. The van der Waals surface area contributed by atoms with E-state index in [-0.39, 0.29) is 17.2 Å². The fraction of sp³-hybridized carbons (Fsp3) is 0.381. The van der Waals surface area contributed by atoms with E-state index in [1.165, 1.54) is 33.5 Å². The summed E-state index contributed by atoms with van der Waals surface area (Å²) < 4.78 is 44.3. The number of hydrogen-bond donors (Lipinski definition) is 2. The number of amides is 1. The van der Waals surface area contributed by atoms with Gasteiger partial charge in [-0.1, -0.05) is 29.8 Å². The molecule has 0 aliphatic heterocycles. The molecule has 2 N–H and O–H groups in total. The third-order valence-corrected chi connectivity index (χ3v) is 5.94. The highest BCUT2D eigenvalue weighted by Crippen LogP contribution is 2.36. The van der Waals surface area contributed by atoms with Crippen molar-refractivity contribution in [3.63, 3.8) is 0 Å². The summed E-state index contributed by atoms with van der Waals surface area (Å²) in [5.41, 5.74) is 1.44. The number of nitrogens with one attached hydrogen (secondary N) is 2. The molecule has 0 aromatic heterocycles. The number of ether oxygens (including phenoxy) is 3. The minimum Gasteiger partial charge on any atom is -0.493 e. The zero-order valence-corrected chi connectivity index (χ0v) is 18.4. The van der Waals surface area contributed by atoms with Crippen molar-refractivity contribution < 1.29 is 27.4 Å². The maximum Gasteiger partial charge on any atom is 0.241 e. The van der Waals surface area contributed by atoms with Gasteiger partial charge in [0.25, 0.3) is 0 Å². The molecular formula is C21H28N2O6S. The minimum atomic E-state index is -3.89. The number of carbonyl (C=O) groups excluding carboxylic acids is 1. The lowest BCUT2D eigenvalue weighted by molar-refractivity contribution is -0.121. The van der Waals surface area contributed by atoms with E-state index in [0.29, 0.717) is 30.2 Å². The molecule has 1 atom stereocenters. The Morgan fingerprint density at radius 2 is 1.73 bits per heavy atom. The maximum atomic E-state index is 13.0. The number of carbonyl (C=O) groups is 1. The summed E-state index contributed by atoms with van der Waals surface area (Å²) in [7, 11) is 0.597. The van der Waals surface area contributed by atoms with E-state index in [0.717, 1.165) is 5.56 Å². The average molecular weight is 437 g/mol. The van der Waals surface area contributed by atoms with Crippen molar-refractivity contribution in [2.75, 3.05) is 34.5 Å². The third-order valence-electron chi connectivity index (χ3n) is 4.46. The Hall–Kier alpha value is -2.62. The van der Waals surface area contributed by atoms with E-state index >= 15 is 0 Å². The number of methoxy groups -OCH3 is 3. The fourth-order valence-electron chi connectivity index (χ4n) is 2.92. The molecule has 2 rings (SSSR count). The number of sulfonamides is 1. The van der Waals surface area contributed by atoms with Gasteiger partial charge in [0.1, 0.15) is 0 Å². The molecule has 8 nitrogen and oxygen atoms in total. The Labute approximate surface area is 177 Å². The molecule has 0 heterocycles. The first kappa shape index (κ1) is 23.7. The molecule has 0 aliphatic rings. The molecule has 1 amide bonds. The Morgan fingerprint density at radius 1 is 1.03 bits per heavy atom. The van der Waals surface area contributed by atoms with Crippen LogP contribution in [0.25, 0.3) is 0 Å². The van der Waals surface area contributed by atoms with E-state index in [9.17, 15) is 13.2 Å². The van der Waals surface area contributed by atoms with Crippen LogP contribution in [0.2, 0.25) is 0 Å². The third kappa shape index (κ3) is 6.19. The van der Waals surface area contributed by atoms with Gasteiger partial charge >= 0.3 is 0 Å². The number of aryl methyl sites for hydroxylation is 1. The summed E-state index contributed by atoms with van der Waals surface area (Å²) in [6.07, 6.45) is -0.127. The molecule has 0 unspecified atom stereocenters. The predicted octanol–water partition coefficient (Wildman–Crippen LogP) is 2.18. The Morgan fingerprint density at radius 3 is 2.33 bits per heavy atom. The van der Waals surface area contributed by atoms with E-state index in [1.807, 2.05) is 6.92 Å². The Bertz CT molecular complexity index is 944. The topological polar surface area (TPSA) is 103 Å².